The normalized spacial score (nSPS) is 22.0. The molecule has 1 aliphatic rings. The van der Waals surface area contributed by atoms with Crippen molar-refractivity contribution in [3.63, 3.8) is 0 Å². The third-order valence-electron chi connectivity index (χ3n) is 3.88. The van der Waals surface area contributed by atoms with Gasteiger partial charge in [-0.1, -0.05) is 6.92 Å². The van der Waals surface area contributed by atoms with E-state index in [4.69, 9.17) is 4.74 Å². The maximum atomic E-state index is 5.88. The Morgan fingerprint density at radius 2 is 2.43 bits per heavy atom. The van der Waals surface area contributed by atoms with E-state index in [0.29, 0.717) is 5.92 Å². The highest BCUT2D eigenvalue weighted by Crippen LogP contribution is 2.33. The maximum absolute atomic E-state index is 5.88. The van der Waals surface area contributed by atoms with Gasteiger partial charge in [0.15, 0.2) is 0 Å². The molecule has 21 heavy (non-hydrogen) atoms. The Hall–Kier alpha value is -1.24. The van der Waals surface area contributed by atoms with Crippen LogP contribution in [0, 0.1) is 5.92 Å². The summed E-state index contributed by atoms with van der Waals surface area (Å²) < 4.78 is 7.72. The van der Waals surface area contributed by atoms with Gasteiger partial charge in [-0.3, -0.25) is 4.68 Å². The minimum Gasteiger partial charge on any atom is -0.373 e. The van der Waals surface area contributed by atoms with Crippen LogP contribution in [0.3, 0.4) is 0 Å². The Bertz CT molecular complexity index is 580. The second-order valence-electron chi connectivity index (χ2n) is 5.50. The molecule has 2 atom stereocenters. The first-order valence-corrected chi connectivity index (χ1v) is 8.38. The lowest BCUT2D eigenvalue weighted by Gasteiger charge is -2.17. The average Bonchev–Trinajstić information content (AvgIpc) is 3.19. The molecule has 1 fully saturated rings. The third kappa shape index (κ3) is 3.51. The highest BCUT2D eigenvalue weighted by atomic mass is 32.1. The molecule has 1 saturated heterocycles. The number of nitrogens with one attached hydrogen (secondary N) is 1. The van der Waals surface area contributed by atoms with Crippen molar-refractivity contribution in [2.24, 2.45) is 13.0 Å². The second kappa shape index (κ2) is 6.68. The summed E-state index contributed by atoms with van der Waals surface area (Å²) in [4.78, 5) is 4.58. The van der Waals surface area contributed by atoms with Gasteiger partial charge in [0.2, 0.25) is 0 Å². The van der Waals surface area contributed by atoms with E-state index < -0.39 is 0 Å². The highest BCUT2D eigenvalue weighted by Gasteiger charge is 2.30. The van der Waals surface area contributed by atoms with Crippen LogP contribution in [0.5, 0.6) is 0 Å². The molecule has 1 aliphatic heterocycles. The van der Waals surface area contributed by atoms with Crippen LogP contribution in [0.4, 0.5) is 0 Å². The lowest BCUT2D eigenvalue weighted by molar-refractivity contribution is 0.0904. The molecule has 2 aromatic rings. The van der Waals surface area contributed by atoms with Crippen molar-refractivity contribution in [2.75, 3.05) is 13.2 Å². The van der Waals surface area contributed by atoms with E-state index in [1.807, 2.05) is 17.9 Å². The van der Waals surface area contributed by atoms with Gasteiger partial charge in [0.1, 0.15) is 0 Å². The summed E-state index contributed by atoms with van der Waals surface area (Å²) in [6, 6.07) is 0. The molecular formula is C15H22N4OS. The predicted molar refractivity (Wildman–Crippen MR) is 83.2 cm³/mol. The fourth-order valence-corrected chi connectivity index (χ4v) is 3.52. The molecule has 0 spiro atoms. The number of rotatable bonds is 6. The van der Waals surface area contributed by atoms with Gasteiger partial charge in [-0.15, -0.1) is 11.3 Å². The molecule has 0 saturated carbocycles. The monoisotopic (exact) mass is 306 g/mol. The van der Waals surface area contributed by atoms with Crippen LogP contribution in [-0.2, 0) is 24.8 Å². The van der Waals surface area contributed by atoms with E-state index in [2.05, 4.69) is 33.9 Å². The van der Waals surface area contributed by atoms with E-state index in [9.17, 15) is 0 Å². The second-order valence-corrected chi connectivity index (χ2v) is 6.45. The van der Waals surface area contributed by atoms with Crippen molar-refractivity contribution in [1.29, 1.82) is 0 Å². The first kappa shape index (κ1) is 14.7. The number of ether oxygens (including phenoxy) is 1. The van der Waals surface area contributed by atoms with Gasteiger partial charge in [0.25, 0.3) is 0 Å². The third-order valence-corrected chi connectivity index (χ3v) is 4.92. The minimum absolute atomic E-state index is 0.174. The molecule has 3 rings (SSSR count). The highest BCUT2D eigenvalue weighted by molar-refractivity contribution is 7.09. The number of thiazole rings is 1. The molecular weight excluding hydrogens is 284 g/mol. The van der Waals surface area contributed by atoms with E-state index in [-0.39, 0.29) is 6.10 Å². The van der Waals surface area contributed by atoms with Crippen LogP contribution in [0.25, 0.3) is 0 Å². The molecule has 0 bridgehead atoms. The largest absolute Gasteiger partial charge is 0.373 e. The zero-order valence-corrected chi connectivity index (χ0v) is 13.4. The van der Waals surface area contributed by atoms with Gasteiger partial charge >= 0.3 is 0 Å². The number of nitrogens with zero attached hydrogens (tertiary/aromatic N) is 3. The first-order valence-electron chi connectivity index (χ1n) is 7.50. The van der Waals surface area contributed by atoms with Gasteiger partial charge in [-0.05, 0) is 12.8 Å². The van der Waals surface area contributed by atoms with Crippen molar-refractivity contribution in [1.82, 2.24) is 20.1 Å². The van der Waals surface area contributed by atoms with Crippen molar-refractivity contribution in [3.05, 3.63) is 34.0 Å². The zero-order chi connectivity index (χ0) is 14.7. The van der Waals surface area contributed by atoms with Crippen molar-refractivity contribution >= 4 is 11.3 Å². The topological polar surface area (TPSA) is 52.0 Å². The summed E-state index contributed by atoms with van der Waals surface area (Å²) in [5.74, 6) is 0.512. The fourth-order valence-electron chi connectivity index (χ4n) is 2.78. The SMILES string of the molecule is CCc1nc(CNC[C@@H]2CCO[C@@H]2c2cnn(C)c2)cs1. The Balaban J connectivity index is 1.52. The van der Waals surface area contributed by atoms with Crippen molar-refractivity contribution in [3.8, 4) is 0 Å². The lowest BCUT2D eigenvalue weighted by atomic mass is 9.97. The molecule has 1 N–H and O–H groups in total. The van der Waals surface area contributed by atoms with Gasteiger partial charge in [-0.25, -0.2) is 4.98 Å². The Morgan fingerprint density at radius 1 is 1.52 bits per heavy atom. The molecule has 0 aromatic carbocycles. The average molecular weight is 306 g/mol. The van der Waals surface area contributed by atoms with Crippen LogP contribution in [0.1, 0.15) is 35.7 Å². The Labute approximate surface area is 129 Å². The molecule has 0 amide bonds. The summed E-state index contributed by atoms with van der Waals surface area (Å²) >= 11 is 1.75. The minimum atomic E-state index is 0.174. The molecule has 0 radical (unpaired) electrons. The van der Waals surface area contributed by atoms with Gasteiger partial charge in [0, 0.05) is 49.8 Å². The Kier molecular flexibility index (Phi) is 4.67. The van der Waals surface area contributed by atoms with Crippen LogP contribution in [0.2, 0.25) is 0 Å². The molecule has 0 aliphatic carbocycles. The van der Waals surface area contributed by atoms with Crippen molar-refractivity contribution < 1.29 is 4.74 Å². The van der Waals surface area contributed by atoms with Gasteiger partial charge in [-0.2, -0.15) is 5.10 Å². The molecule has 2 aromatic heterocycles. The molecule has 0 unspecified atom stereocenters. The maximum Gasteiger partial charge on any atom is 0.0926 e. The van der Waals surface area contributed by atoms with Gasteiger partial charge < -0.3 is 10.1 Å². The number of hydrogen-bond acceptors (Lipinski definition) is 5. The van der Waals surface area contributed by atoms with E-state index in [1.54, 1.807) is 11.3 Å². The number of hydrogen-bond donors (Lipinski definition) is 1. The first-order chi connectivity index (χ1) is 10.3. The smallest absolute Gasteiger partial charge is 0.0926 e. The lowest BCUT2D eigenvalue weighted by Crippen LogP contribution is -2.24. The number of aromatic nitrogens is 3. The molecule has 3 heterocycles. The molecule has 6 heteroatoms. The standard InChI is InChI=1S/C15H22N4OS/c1-3-14-18-13(10-21-14)8-16-6-11-4-5-20-15(11)12-7-17-19(2)9-12/h7,9-11,15-16H,3-6,8H2,1-2H3/t11-,15-/m0/s1. The summed E-state index contributed by atoms with van der Waals surface area (Å²) in [6.45, 7) is 4.78. The van der Waals surface area contributed by atoms with Crippen LogP contribution >= 0.6 is 11.3 Å². The summed E-state index contributed by atoms with van der Waals surface area (Å²) in [6.07, 6.45) is 6.26. The van der Waals surface area contributed by atoms with Gasteiger partial charge in [0.05, 0.1) is 23.0 Å². The van der Waals surface area contributed by atoms with E-state index in [0.717, 1.165) is 38.2 Å². The Morgan fingerprint density at radius 3 is 3.14 bits per heavy atom. The predicted octanol–water partition coefficient (Wildman–Crippen LogP) is 2.31. The number of aryl methyl sites for hydroxylation is 2. The van der Waals surface area contributed by atoms with Crippen LogP contribution < -0.4 is 5.32 Å². The van der Waals surface area contributed by atoms with Crippen LogP contribution in [0.15, 0.2) is 17.8 Å². The van der Waals surface area contributed by atoms with E-state index >= 15 is 0 Å². The van der Waals surface area contributed by atoms with E-state index in [1.165, 1.54) is 10.6 Å². The molecule has 5 nitrogen and oxygen atoms in total. The summed E-state index contributed by atoms with van der Waals surface area (Å²) in [7, 11) is 1.94. The van der Waals surface area contributed by atoms with Crippen molar-refractivity contribution in [2.45, 2.75) is 32.4 Å². The van der Waals surface area contributed by atoms with Crippen LogP contribution in [-0.4, -0.2) is 27.9 Å². The summed E-state index contributed by atoms with van der Waals surface area (Å²) in [5.41, 5.74) is 2.33. The summed E-state index contributed by atoms with van der Waals surface area (Å²) in [5, 5.41) is 11.1. The quantitative estimate of drug-likeness (QED) is 0.890. The fraction of sp³-hybridized carbons (Fsp3) is 0.600. The zero-order valence-electron chi connectivity index (χ0n) is 12.6. The molecule has 114 valence electrons.